The topological polar surface area (TPSA) is 61.5 Å². The fourth-order valence-electron chi connectivity index (χ4n) is 1.73. The summed E-state index contributed by atoms with van der Waals surface area (Å²) >= 11 is 6.11. The number of benzene rings is 1. The van der Waals surface area contributed by atoms with Crippen LogP contribution in [0.2, 0.25) is 5.02 Å². The Morgan fingerprint density at radius 1 is 1.45 bits per heavy atom. The van der Waals surface area contributed by atoms with Crippen molar-refractivity contribution in [3.8, 4) is 5.75 Å². The first kappa shape index (κ1) is 16.8. The van der Waals surface area contributed by atoms with E-state index in [1.165, 1.54) is 0 Å². The first-order chi connectivity index (χ1) is 9.54. The summed E-state index contributed by atoms with van der Waals surface area (Å²) in [6, 6.07) is 5.45. The van der Waals surface area contributed by atoms with Crippen LogP contribution in [0.1, 0.15) is 32.3 Å². The molecule has 0 saturated carbocycles. The fourth-order valence-corrected chi connectivity index (χ4v) is 1.97. The van der Waals surface area contributed by atoms with Gasteiger partial charge in [-0.3, -0.25) is 0 Å². The van der Waals surface area contributed by atoms with Gasteiger partial charge in [0.2, 0.25) is 0 Å². The molecule has 112 valence electrons. The van der Waals surface area contributed by atoms with E-state index in [2.05, 4.69) is 0 Å². The summed E-state index contributed by atoms with van der Waals surface area (Å²) in [4.78, 5) is 11.5. The second-order valence-corrected chi connectivity index (χ2v) is 5.18. The third kappa shape index (κ3) is 5.80. The lowest BCUT2D eigenvalue weighted by atomic mass is 10.1. The molecule has 0 aliphatic carbocycles. The summed E-state index contributed by atoms with van der Waals surface area (Å²) in [6.07, 6.45) is 2.48. The Hall–Kier alpha value is -1.26. The first-order valence-electron chi connectivity index (χ1n) is 6.86. The third-order valence-electron chi connectivity index (χ3n) is 2.69. The molecule has 0 radical (unpaired) electrons. The Labute approximate surface area is 125 Å². The highest BCUT2D eigenvalue weighted by atomic mass is 35.5. The van der Waals surface area contributed by atoms with Gasteiger partial charge in [0.05, 0.1) is 11.6 Å². The second-order valence-electron chi connectivity index (χ2n) is 4.77. The summed E-state index contributed by atoms with van der Waals surface area (Å²) < 4.78 is 10.5. The summed E-state index contributed by atoms with van der Waals surface area (Å²) in [5.74, 6) is 0.129. The molecule has 0 aromatic heterocycles. The lowest BCUT2D eigenvalue weighted by Gasteiger charge is -2.14. The van der Waals surface area contributed by atoms with Crippen LogP contribution in [0.15, 0.2) is 18.2 Å². The number of ether oxygens (including phenoxy) is 2. The van der Waals surface area contributed by atoms with Gasteiger partial charge in [0.25, 0.3) is 0 Å². The molecule has 0 aliphatic rings. The molecule has 4 nitrogen and oxygen atoms in total. The zero-order valence-electron chi connectivity index (χ0n) is 12.0. The van der Waals surface area contributed by atoms with Gasteiger partial charge in [0, 0.05) is 6.04 Å². The number of para-hydroxylation sites is 1. The molecule has 1 atom stereocenters. The Kier molecular flexibility index (Phi) is 7.41. The average Bonchev–Trinajstić information content (AvgIpc) is 2.37. The number of carbonyl (C=O) groups excluding carboxylic acids is 1. The molecule has 0 heterocycles. The highest BCUT2D eigenvalue weighted by Crippen LogP contribution is 2.29. The van der Waals surface area contributed by atoms with Crippen molar-refractivity contribution in [2.24, 2.45) is 5.73 Å². The largest absolute Gasteiger partial charge is 0.480 e. The molecule has 1 aromatic rings. The number of rotatable bonds is 8. The van der Waals surface area contributed by atoms with Crippen LogP contribution in [0.25, 0.3) is 0 Å². The van der Waals surface area contributed by atoms with Crippen molar-refractivity contribution < 1.29 is 14.3 Å². The van der Waals surface area contributed by atoms with Crippen molar-refractivity contribution in [1.29, 1.82) is 0 Å². The van der Waals surface area contributed by atoms with Gasteiger partial charge >= 0.3 is 5.97 Å². The SMILES string of the molecule is CCCCOC(=O)COc1c(Cl)cccc1CC(C)N. The first-order valence-corrected chi connectivity index (χ1v) is 7.23. The Bertz CT molecular complexity index is 435. The van der Waals surface area contributed by atoms with Crippen LogP contribution >= 0.6 is 11.6 Å². The average molecular weight is 300 g/mol. The van der Waals surface area contributed by atoms with Crippen molar-refractivity contribution in [2.45, 2.75) is 39.2 Å². The number of unbranched alkanes of at least 4 members (excludes halogenated alkanes) is 1. The van der Waals surface area contributed by atoms with E-state index < -0.39 is 0 Å². The monoisotopic (exact) mass is 299 g/mol. The molecule has 0 saturated heterocycles. The van der Waals surface area contributed by atoms with Crippen molar-refractivity contribution in [3.63, 3.8) is 0 Å². The van der Waals surface area contributed by atoms with Crippen LogP contribution in [0.5, 0.6) is 5.75 Å². The molecule has 0 bridgehead atoms. The summed E-state index contributed by atoms with van der Waals surface area (Å²) in [7, 11) is 0. The van der Waals surface area contributed by atoms with Crippen LogP contribution in [-0.4, -0.2) is 25.2 Å². The number of esters is 1. The maximum absolute atomic E-state index is 11.5. The van der Waals surface area contributed by atoms with Gasteiger partial charge in [-0.2, -0.15) is 0 Å². The molecule has 2 N–H and O–H groups in total. The van der Waals surface area contributed by atoms with E-state index in [-0.39, 0.29) is 18.6 Å². The molecule has 5 heteroatoms. The standard InChI is InChI=1S/C15H22ClNO3/c1-3-4-8-19-14(18)10-20-15-12(9-11(2)17)6-5-7-13(15)16/h5-7,11H,3-4,8-10,17H2,1-2H3. The van der Waals surface area contributed by atoms with Crippen molar-refractivity contribution in [3.05, 3.63) is 28.8 Å². The predicted molar refractivity (Wildman–Crippen MR) is 80.2 cm³/mol. The van der Waals surface area contributed by atoms with E-state index >= 15 is 0 Å². The van der Waals surface area contributed by atoms with Crippen LogP contribution in [0.4, 0.5) is 0 Å². The third-order valence-corrected chi connectivity index (χ3v) is 2.98. The van der Waals surface area contributed by atoms with Gasteiger partial charge in [-0.15, -0.1) is 0 Å². The lowest BCUT2D eigenvalue weighted by Crippen LogP contribution is -2.20. The summed E-state index contributed by atoms with van der Waals surface area (Å²) in [5.41, 5.74) is 6.69. The predicted octanol–water partition coefficient (Wildman–Crippen LogP) is 2.95. The van der Waals surface area contributed by atoms with Gasteiger partial charge < -0.3 is 15.2 Å². The molecule has 1 aromatic carbocycles. The minimum Gasteiger partial charge on any atom is -0.480 e. The van der Waals surface area contributed by atoms with E-state index in [1.54, 1.807) is 6.07 Å². The molecule has 1 rings (SSSR count). The Morgan fingerprint density at radius 3 is 2.85 bits per heavy atom. The van der Waals surface area contributed by atoms with E-state index in [0.717, 1.165) is 18.4 Å². The number of hydrogen-bond donors (Lipinski definition) is 1. The maximum atomic E-state index is 11.5. The normalized spacial score (nSPS) is 12.0. The minimum absolute atomic E-state index is 0.00711. The molecule has 0 aliphatic heterocycles. The van der Waals surface area contributed by atoms with Crippen LogP contribution in [0.3, 0.4) is 0 Å². The fraction of sp³-hybridized carbons (Fsp3) is 0.533. The zero-order valence-corrected chi connectivity index (χ0v) is 12.8. The van der Waals surface area contributed by atoms with Crippen LogP contribution in [0, 0.1) is 0 Å². The maximum Gasteiger partial charge on any atom is 0.344 e. The van der Waals surface area contributed by atoms with Crippen LogP contribution in [-0.2, 0) is 16.0 Å². The molecule has 20 heavy (non-hydrogen) atoms. The highest BCUT2D eigenvalue weighted by molar-refractivity contribution is 6.32. The number of halogens is 1. The molecule has 1 unspecified atom stereocenters. The minimum atomic E-state index is -0.384. The van der Waals surface area contributed by atoms with E-state index in [9.17, 15) is 4.79 Å². The zero-order chi connectivity index (χ0) is 15.0. The molecular formula is C15H22ClNO3. The van der Waals surface area contributed by atoms with Gasteiger partial charge in [0.15, 0.2) is 6.61 Å². The van der Waals surface area contributed by atoms with Gasteiger partial charge in [-0.1, -0.05) is 37.1 Å². The lowest BCUT2D eigenvalue weighted by molar-refractivity contribution is -0.146. The van der Waals surface area contributed by atoms with E-state index in [0.29, 0.717) is 23.8 Å². The van der Waals surface area contributed by atoms with Crippen LogP contribution < -0.4 is 10.5 Å². The van der Waals surface area contributed by atoms with Gasteiger partial charge in [0.1, 0.15) is 5.75 Å². The second kappa shape index (κ2) is 8.82. The molecular weight excluding hydrogens is 278 g/mol. The van der Waals surface area contributed by atoms with Gasteiger partial charge in [-0.05, 0) is 31.4 Å². The molecule has 0 fully saturated rings. The quantitative estimate of drug-likeness (QED) is 0.592. The van der Waals surface area contributed by atoms with E-state index in [4.69, 9.17) is 26.8 Å². The Morgan fingerprint density at radius 2 is 2.20 bits per heavy atom. The number of carbonyl (C=O) groups is 1. The Balaban J connectivity index is 2.60. The number of hydrogen-bond acceptors (Lipinski definition) is 4. The van der Waals surface area contributed by atoms with E-state index in [1.807, 2.05) is 26.0 Å². The van der Waals surface area contributed by atoms with Gasteiger partial charge in [-0.25, -0.2) is 4.79 Å². The van der Waals surface area contributed by atoms with Crippen molar-refractivity contribution >= 4 is 17.6 Å². The van der Waals surface area contributed by atoms with Crippen molar-refractivity contribution in [2.75, 3.05) is 13.2 Å². The smallest absolute Gasteiger partial charge is 0.344 e. The highest BCUT2D eigenvalue weighted by Gasteiger charge is 2.12. The molecule has 0 amide bonds. The summed E-state index contributed by atoms with van der Waals surface area (Å²) in [5, 5.41) is 0.476. The molecule has 0 spiro atoms. The summed E-state index contributed by atoms with van der Waals surface area (Å²) in [6.45, 7) is 4.23. The number of nitrogens with two attached hydrogens (primary N) is 1. The van der Waals surface area contributed by atoms with Crippen molar-refractivity contribution in [1.82, 2.24) is 0 Å².